The van der Waals surface area contributed by atoms with E-state index in [1.165, 1.54) is 5.56 Å². The minimum atomic E-state index is -0.536. The largest absolute Gasteiger partial charge is 0.338 e. The van der Waals surface area contributed by atoms with Crippen molar-refractivity contribution < 1.29 is 4.79 Å². The van der Waals surface area contributed by atoms with Crippen molar-refractivity contribution in [3.63, 3.8) is 0 Å². The molecule has 3 heterocycles. The summed E-state index contributed by atoms with van der Waals surface area (Å²) in [5.41, 5.74) is 6.51. The summed E-state index contributed by atoms with van der Waals surface area (Å²) in [6.07, 6.45) is 3.55. The molecule has 168 valence electrons. The number of hydrogen-bond donors (Lipinski definition) is 3. The molecule has 1 atom stereocenters. The molecule has 5 rings (SSSR count). The maximum atomic E-state index is 12.4. The third kappa shape index (κ3) is 3.42. The lowest BCUT2D eigenvalue weighted by molar-refractivity contribution is -0.119. The summed E-state index contributed by atoms with van der Waals surface area (Å²) in [6, 6.07) is 16.7. The second-order valence-electron chi connectivity index (χ2n) is 9.88. The van der Waals surface area contributed by atoms with Gasteiger partial charge in [0.1, 0.15) is 5.82 Å². The number of aromatic amines is 1. The normalized spacial score (nSPS) is 16.0. The molecule has 3 N–H and O–H groups in total. The first kappa shape index (κ1) is 21.3. The van der Waals surface area contributed by atoms with Crippen LogP contribution in [-0.2, 0) is 15.6 Å². The molecule has 33 heavy (non-hydrogen) atoms. The molecule has 1 amide bonds. The Kier molecular flexibility index (Phi) is 4.87. The highest BCUT2D eigenvalue weighted by molar-refractivity contribution is 6.05. The van der Waals surface area contributed by atoms with Gasteiger partial charge >= 0.3 is 0 Å². The Labute approximate surface area is 193 Å². The van der Waals surface area contributed by atoms with E-state index >= 15 is 0 Å². The third-order valence-corrected chi connectivity index (χ3v) is 7.06. The number of likely N-dealkylation sites (N-methyl/N-ethyl adjacent to an activating group) is 1. The Hall–Kier alpha value is -3.51. The van der Waals surface area contributed by atoms with Crippen LogP contribution in [0.5, 0.6) is 0 Å². The minimum absolute atomic E-state index is 0.0459. The second-order valence-corrected chi connectivity index (χ2v) is 9.88. The molecule has 0 aliphatic carbocycles. The second kappa shape index (κ2) is 7.52. The van der Waals surface area contributed by atoms with Gasteiger partial charge in [-0.05, 0) is 67.9 Å². The summed E-state index contributed by atoms with van der Waals surface area (Å²) in [5.74, 6) is 0.884. The summed E-state index contributed by atoms with van der Waals surface area (Å²) >= 11 is 0. The van der Waals surface area contributed by atoms with Crippen LogP contribution in [-0.4, -0.2) is 27.9 Å². The molecular formula is C27H29N5O. The monoisotopic (exact) mass is 439 g/mol. The van der Waals surface area contributed by atoms with Crippen molar-refractivity contribution >= 4 is 22.6 Å². The predicted molar refractivity (Wildman–Crippen MR) is 132 cm³/mol. The minimum Gasteiger partial charge on any atom is -0.338 e. The van der Waals surface area contributed by atoms with Crippen molar-refractivity contribution in [3.8, 4) is 11.4 Å². The summed E-state index contributed by atoms with van der Waals surface area (Å²) in [4.78, 5) is 24.7. The van der Waals surface area contributed by atoms with Crippen LogP contribution in [0.15, 0.2) is 60.9 Å². The summed E-state index contributed by atoms with van der Waals surface area (Å²) in [5, 5.41) is 6.53. The van der Waals surface area contributed by atoms with Gasteiger partial charge in [0, 0.05) is 35.1 Å². The Bertz CT molecular complexity index is 1350. The zero-order valence-electron chi connectivity index (χ0n) is 19.7. The molecule has 0 bridgehead atoms. The van der Waals surface area contributed by atoms with Crippen molar-refractivity contribution in [3.05, 3.63) is 77.6 Å². The van der Waals surface area contributed by atoms with Gasteiger partial charge in [-0.25, -0.2) is 4.98 Å². The number of rotatable bonds is 5. The fraction of sp³-hybridized carbons (Fsp3) is 0.296. The molecule has 1 aliphatic rings. The number of carbonyl (C=O) groups is 1. The number of imidazole rings is 1. The van der Waals surface area contributed by atoms with Gasteiger partial charge in [0.2, 0.25) is 5.91 Å². The quantitative estimate of drug-likeness (QED) is 0.404. The number of benzene rings is 2. The molecule has 2 aromatic carbocycles. The molecule has 6 nitrogen and oxygen atoms in total. The zero-order valence-corrected chi connectivity index (χ0v) is 19.7. The highest BCUT2D eigenvalue weighted by Gasteiger charge is 2.40. The number of anilines is 1. The van der Waals surface area contributed by atoms with Crippen LogP contribution in [0.1, 0.15) is 50.4 Å². The van der Waals surface area contributed by atoms with Crippen LogP contribution in [0, 0.1) is 0 Å². The number of H-pyrrole nitrogens is 1. The highest BCUT2D eigenvalue weighted by atomic mass is 16.2. The molecule has 0 fully saturated rings. The lowest BCUT2D eigenvalue weighted by atomic mass is 9.74. The lowest BCUT2D eigenvalue weighted by Gasteiger charge is -2.36. The van der Waals surface area contributed by atoms with Gasteiger partial charge in [-0.1, -0.05) is 32.0 Å². The van der Waals surface area contributed by atoms with Crippen molar-refractivity contribution in [1.29, 1.82) is 0 Å². The molecule has 0 saturated heterocycles. The fourth-order valence-electron chi connectivity index (χ4n) is 4.94. The molecule has 0 spiro atoms. The summed E-state index contributed by atoms with van der Waals surface area (Å²) in [6.45, 7) is 8.45. The number of hydrogen-bond acceptors (Lipinski definition) is 4. The predicted octanol–water partition coefficient (Wildman–Crippen LogP) is 5.09. The standard InChI is InChI=1S/C27H29N5O/c1-26(2,23(28-5)17-6-8-20-19(14-17)27(3,4)25(33)32-20)18-7-9-21-22(15-18)31-24(30-21)16-10-12-29-13-11-16/h6-15,23,28H,1-5H3,(H,30,31)(H,32,33). The smallest absolute Gasteiger partial charge is 0.234 e. The van der Waals surface area contributed by atoms with Gasteiger partial charge in [0.05, 0.1) is 16.4 Å². The Balaban J connectivity index is 1.53. The first-order valence-electron chi connectivity index (χ1n) is 11.3. The Morgan fingerprint density at radius 2 is 1.79 bits per heavy atom. The van der Waals surface area contributed by atoms with E-state index in [9.17, 15) is 4.79 Å². The molecule has 1 unspecified atom stereocenters. The van der Waals surface area contributed by atoms with E-state index in [0.29, 0.717) is 0 Å². The average Bonchev–Trinajstić information content (AvgIpc) is 3.33. The van der Waals surface area contributed by atoms with Gasteiger partial charge in [-0.3, -0.25) is 9.78 Å². The molecule has 4 aromatic rings. The van der Waals surface area contributed by atoms with Crippen LogP contribution in [0.3, 0.4) is 0 Å². The third-order valence-electron chi connectivity index (χ3n) is 7.06. The molecule has 2 aromatic heterocycles. The van der Waals surface area contributed by atoms with Crippen molar-refractivity contribution in [2.24, 2.45) is 0 Å². The maximum Gasteiger partial charge on any atom is 0.234 e. The molecule has 0 saturated carbocycles. The maximum absolute atomic E-state index is 12.4. The average molecular weight is 440 g/mol. The van der Waals surface area contributed by atoms with E-state index in [1.807, 2.05) is 39.1 Å². The summed E-state index contributed by atoms with van der Waals surface area (Å²) in [7, 11) is 1.99. The van der Waals surface area contributed by atoms with E-state index in [4.69, 9.17) is 4.98 Å². The molecular weight excluding hydrogens is 410 g/mol. The van der Waals surface area contributed by atoms with Crippen molar-refractivity contribution in [1.82, 2.24) is 20.3 Å². The number of amides is 1. The molecule has 0 radical (unpaired) electrons. The van der Waals surface area contributed by atoms with Crippen LogP contribution in [0.4, 0.5) is 5.69 Å². The van der Waals surface area contributed by atoms with Gasteiger partial charge < -0.3 is 15.6 Å². The van der Waals surface area contributed by atoms with Crippen molar-refractivity contribution in [2.45, 2.75) is 44.6 Å². The first-order valence-corrected chi connectivity index (χ1v) is 11.3. The SMILES string of the molecule is CNC(c1ccc2c(c1)C(C)(C)C(=O)N2)C(C)(C)c1ccc2nc(-c3ccncc3)[nH]c2c1. The Morgan fingerprint density at radius 3 is 2.52 bits per heavy atom. The first-order chi connectivity index (χ1) is 15.7. The summed E-state index contributed by atoms with van der Waals surface area (Å²) < 4.78 is 0. The van der Waals surface area contributed by atoms with E-state index in [0.717, 1.165) is 39.2 Å². The number of fused-ring (bicyclic) bond motifs is 2. The number of nitrogens with one attached hydrogen (secondary N) is 3. The van der Waals surface area contributed by atoms with Gasteiger partial charge in [0.25, 0.3) is 0 Å². The van der Waals surface area contributed by atoms with Gasteiger partial charge in [-0.2, -0.15) is 0 Å². The topological polar surface area (TPSA) is 82.7 Å². The van der Waals surface area contributed by atoms with Crippen LogP contribution in [0.2, 0.25) is 0 Å². The van der Waals surface area contributed by atoms with Crippen molar-refractivity contribution in [2.75, 3.05) is 12.4 Å². The van der Waals surface area contributed by atoms with Gasteiger partial charge in [0.15, 0.2) is 0 Å². The van der Waals surface area contributed by atoms with Crippen LogP contribution < -0.4 is 10.6 Å². The van der Waals surface area contributed by atoms with Crippen LogP contribution >= 0.6 is 0 Å². The zero-order chi connectivity index (χ0) is 23.4. The fourth-order valence-corrected chi connectivity index (χ4v) is 4.94. The number of pyridine rings is 1. The number of carbonyl (C=O) groups excluding carboxylic acids is 1. The Morgan fingerprint density at radius 1 is 1.03 bits per heavy atom. The molecule has 6 heteroatoms. The van der Waals surface area contributed by atoms with Crippen LogP contribution in [0.25, 0.3) is 22.4 Å². The van der Waals surface area contributed by atoms with E-state index in [2.05, 4.69) is 64.8 Å². The van der Waals surface area contributed by atoms with Gasteiger partial charge in [-0.15, -0.1) is 0 Å². The van der Waals surface area contributed by atoms with E-state index < -0.39 is 5.41 Å². The molecule has 1 aliphatic heterocycles. The number of nitrogens with zero attached hydrogens (tertiary/aromatic N) is 2. The van der Waals surface area contributed by atoms with E-state index in [1.54, 1.807) is 12.4 Å². The highest BCUT2D eigenvalue weighted by Crippen LogP contribution is 2.42. The lowest BCUT2D eigenvalue weighted by Crippen LogP contribution is -2.35. The number of aromatic nitrogens is 3. The van der Waals surface area contributed by atoms with E-state index in [-0.39, 0.29) is 17.4 Å².